The Balaban J connectivity index is 1.82. The summed E-state index contributed by atoms with van der Waals surface area (Å²) in [5.41, 5.74) is 0.896. The van der Waals surface area contributed by atoms with Gasteiger partial charge in [-0.05, 0) is 49.7 Å². The predicted octanol–water partition coefficient (Wildman–Crippen LogP) is 3.41. The summed E-state index contributed by atoms with van der Waals surface area (Å²) in [6.45, 7) is 4.72. The lowest BCUT2D eigenvalue weighted by molar-refractivity contribution is 0.0730. The van der Waals surface area contributed by atoms with Crippen molar-refractivity contribution in [3.05, 3.63) is 58.6 Å². The zero-order chi connectivity index (χ0) is 21.9. The summed E-state index contributed by atoms with van der Waals surface area (Å²) in [5.74, 6) is -0.461. The quantitative estimate of drug-likeness (QED) is 0.757. The second-order valence-corrected chi connectivity index (χ2v) is 9.74. The van der Waals surface area contributed by atoms with Gasteiger partial charge in [0.05, 0.1) is 29.7 Å². The van der Waals surface area contributed by atoms with E-state index in [2.05, 4.69) is 11.4 Å². The van der Waals surface area contributed by atoms with Gasteiger partial charge in [-0.15, -0.1) is 0 Å². The van der Waals surface area contributed by atoms with E-state index >= 15 is 0 Å². The number of carbonyl (C=O) groups excluding carboxylic acids is 1. The van der Waals surface area contributed by atoms with Crippen LogP contribution in [0, 0.1) is 11.3 Å². The van der Waals surface area contributed by atoms with E-state index in [4.69, 9.17) is 16.3 Å². The Hall–Kier alpha value is -2.44. The van der Waals surface area contributed by atoms with Crippen LogP contribution in [0.25, 0.3) is 0 Å². The van der Waals surface area contributed by atoms with Crippen molar-refractivity contribution in [3.8, 4) is 6.07 Å². The summed E-state index contributed by atoms with van der Waals surface area (Å²) in [4.78, 5) is 12.6. The number of morpholine rings is 1. The van der Waals surface area contributed by atoms with Gasteiger partial charge in [0.15, 0.2) is 0 Å². The Bertz CT molecular complexity index is 1090. The van der Waals surface area contributed by atoms with E-state index in [1.54, 1.807) is 24.3 Å². The lowest BCUT2D eigenvalue weighted by atomic mass is 9.86. The van der Waals surface area contributed by atoms with E-state index in [1.807, 2.05) is 13.8 Å². The maximum atomic E-state index is 12.9. The van der Waals surface area contributed by atoms with Crippen LogP contribution in [-0.2, 0) is 20.2 Å². The van der Waals surface area contributed by atoms with Crippen molar-refractivity contribution in [2.45, 2.75) is 24.2 Å². The Morgan fingerprint density at radius 1 is 1.17 bits per heavy atom. The molecule has 1 aliphatic rings. The molecule has 0 saturated carbocycles. The Morgan fingerprint density at radius 3 is 2.40 bits per heavy atom. The van der Waals surface area contributed by atoms with Gasteiger partial charge >= 0.3 is 0 Å². The fraction of sp³-hybridized carbons (Fsp3) is 0.333. The maximum absolute atomic E-state index is 12.9. The molecule has 2 aromatic carbocycles. The molecule has 158 valence electrons. The standard InChI is InChI=1S/C21H22ClN3O4S/c1-21(2,14-23)16-4-6-17(7-5-16)24-20(26)15-3-8-18(22)19(13-15)30(27,28)25-9-11-29-12-10-25/h3-8,13H,9-12H2,1-2H3,(H,24,26). The molecule has 2 aromatic rings. The molecular formula is C21H22ClN3O4S. The first-order chi connectivity index (χ1) is 14.1. The molecule has 9 heteroatoms. The van der Waals surface area contributed by atoms with Gasteiger partial charge in [-0.2, -0.15) is 9.57 Å². The number of anilines is 1. The number of ether oxygens (including phenoxy) is 1. The smallest absolute Gasteiger partial charge is 0.255 e. The number of sulfonamides is 1. The fourth-order valence-corrected chi connectivity index (χ4v) is 4.91. The molecule has 1 fully saturated rings. The molecule has 1 saturated heterocycles. The van der Waals surface area contributed by atoms with Gasteiger partial charge in [0.1, 0.15) is 4.90 Å². The van der Waals surface area contributed by atoms with Gasteiger partial charge in [0, 0.05) is 24.3 Å². The zero-order valence-electron chi connectivity index (χ0n) is 16.7. The molecule has 0 aromatic heterocycles. The number of nitrogens with zero attached hydrogens (tertiary/aromatic N) is 2. The molecule has 1 aliphatic heterocycles. The summed E-state index contributed by atoms with van der Waals surface area (Å²) < 4.78 is 32.4. The maximum Gasteiger partial charge on any atom is 0.255 e. The molecule has 0 spiro atoms. The molecule has 0 bridgehead atoms. The minimum atomic E-state index is -3.84. The lowest BCUT2D eigenvalue weighted by Crippen LogP contribution is -2.40. The summed E-state index contributed by atoms with van der Waals surface area (Å²) in [5, 5.41) is 12.0. The Morgan fingerprint density at radius 2 is 1.80 bits per heavy atom. The van der Waals surface area contributed by atoms with Crippen molar-refractivity contribution in [2.75, 3.05) is 31.6 Å². The SMILES string of the molecule is CC(C)(C#N)c1ccc(NC(=O)c2ccc(Cl)c(S(=O)(=O)N3CCOCC3)c2)cc1. The molecule has 30 heavy (non-hydrogen) atoms. The third-order valence-electron chi connectivity index (χ3n) is 4.93. The highest BCUT2D eigenvalue weighted by Crippen LogP contribution is 2.27. The predicted molar refractivity (Wildman–Crippen MR) is 114 cm³/mol. The van der Waals surface area contributed by atoms with Crippen LogP contribution in [0.5, 0.6) is 0 Å². The van der Waals surface area contributed by atoms with Gasteiger partial charge in [-0.25, -0.2) is 8.42 Å². The van der Waals surface area contributed by atoms with E-state index in [9.17, 15) is 18.5 Å². The third-order valence-corrected chi connectivity index (χ3v) is 7.31. The molecular weight excluding hydrogens is 426 g/mol. The monoisotopic (exact) mass is 447 g/mol. The molecule has 1 heterocycles. The summed E-state index contributed by atoms with van der Waals surface area (Å²) in [6, 6.07) is 13.3. The van der Waals surface area contributed by atoms with Gasteiger partial charge in [0.25, 0.3) is 5.91 Å². The van der Waals surface area contributed by atoms with Gasteiger partial charge < -0.3 is 10.1 Å². The van der Waals surface area contributed by atoms with E-state index in [-0.39, 0.29) is 28.6 Å². The number of carbonyl (C=O) groups is 1. The minimum absolute atomic E-state index is 0.0566. The zero-order valence-corrected chi connectivity index (χ0v) is 18.3. The number of hydrogen-bond acceptors (Lipinski definition) is 5. The molecule has 0 unspecified atom stereocenters. The highest BCUT2D eigenvalue weighted by Gasteiger charge is 2.29. The van der Waals surface area contributed by atoms with Gasteiger partial charge in [0.2, 0.25) is 10.0 Å². The van der Waals surface area contributed by atoms with Crippen LogP contribution in [-0.4, -0.2) is 44.9 Å². The highest BCUT2D eigenvalue weighted by atomic mass is 35.5. The van der Waals surface area contributed by atoms with Crippen molar-refractivity contribution < 1.29 is 17.9 Å². The van der Waals surface area contributed by atoms with Crippen molar-refractivity contribution in [1.82, 2.24) is 4.31 Å². The summed E-state index contributed by atoms with van der Waals surface area (Å²) >= 11 is 6.14. The number of nitrogens with one attached hydrogen (secondary N) is 1. The third kappa shape index (κ3) is 4.65. The lowest BCUT2D eigenvalue weighted by Gasteiger charge is -2.26. The number of rotatable bonds is 5. The van der Waals surface area contributed by atoms with Crippen molar-refractivity contribution in [2.24, 2.45) is 0 Å². The first-order valence-electron chi connectivity index (χ1n) is 9.36. The second-order valence-electron chi connectivity index (χ2n) is 7.43. The van der Waals surface area contributed by atoms with Crippen LogP contribution < -0.4 is 5.32 Å². The second kappa shape index (κ2) is 8.74. The fourth-order valence-electron chi connectivity index (χ4n) is 3.01. The molecule has 3 rings (SSSR count). The average molecular weight is 448 g/mol. The largest absolute Gasteiger partial charge is 0.379 e. The first kappa shape index (κ1) is 22.2. The topological polar surface area (TPSA) is 99.5 Å². The van der Waals surface area contributed by atoms with E-state index in [0.717, 1.165) is 5.56 Å². The van der Waals surface area contributed by atoms with Crippen LogP contribution >= 0.6 is 11.6 Å². The number of halogens is 1. The van der Waals surface area contributed by atoms with Crippen molar-refractivity contribution >= 4 is 33.2 Å². The van der Waals surface area contributed by atoms with E-state index < -0.39 is 21.3 Å². The molecule has 7 nitrogen and oxygen atoms in total. The number of hydrogen-bond donors (Lipinski definition) is 1. The summed E-state index contributed by atoms with van der Waals surface area (Å²) in [6.07, 6.45) is 0. The van der Waals surface area contributed by atoms with Crippen LogP contribution in [0.4, 0.5) is 5.69 Å². The van der Waals surface area contributed by atoms with Crippen LogP contribution in [0.3, 0.4) is 0 Å². The number of nitriles is 1. The Labute approximate surface area is 181 Å². The van der Waals surface area contributed by atoms with Crippen molar-refractivity contribution in [1.29, 1.82) is 5.26 Å². The van der Waals surface area contributed by atoms with Crippen LogP contribution in [0.1, 0.15) is 29.8 Å². The van der Waals surface area contributed by atoms with Gasteiger partial charge in [-0.1, -0.05) is 23.7 Å². The summed E-state index contributed by atoms with van der Waals surface area (Å²) in [7, 11) is -3.84. The highest BCUT2D eigenvalue weighted by molar-refractivity contribution is 7.89. The van der Waals surface area contributed by atoms with Crippen LogP contribution in [0.2, 0.25) is 5.02 Å². The molecule has 0 aliphatic carbocycles. The molecule has 0 radical (unpaired) electrons. The van der Waals surface area contributed by atoms with E-state index in [0.29, 0.717) is 18.9 Å². The van der Waals surface area contributed by atoms with E-state index in [1.165, 1.54) is 22.5 Å². The normalized spacial score (nSPS) is 15.4. The average Bonchev–Trinajstić information content (AvgIpc) is 2.75. The molecule has 1 amide bonds. The number of amides is 1. The molecule has 1 N–H and O–H groups in total. The minimum Gasteiger partial charge on any atom is -0.379 e. The molecule has 0 atom stereocenters. The number of benzene rings is 2. The van der Waals surface area contributed by atoms with Crippen molar-refractivity contribution in [3.63, 3.8) is 0 Å². The first-order valence-corrected chi connectivity index (χ1v) is 11.2. The Kier molecular flexibility index (Phi) is 6.48. The van der Waals surface area contributed by atoms with Crippen LogP contribution in [0.15, 0.2) is 47.4 Å². The van der Waals surface area contributed by atoms with Gasteiger partial charge in [-0.3, -0.25) is 4.79 Å².